The Morgan fingerprint density at radius 2 is 1.89 bits per heavy atom. The second-order valence-electron chi connectivity index (χ2n) is 3.95. The van der Waals surface area contributed by atoms with Gasteiger partial charge in [-0.2, -0.15) is 0 Å². The number of hydrogen-bond donors (Lipinski definition) is 4. The second-order valence-corrected chi connectivity index (χ2v) is 3.95. The maximum atomic E-state index is 11.6. The van der Waals surface area contributed by atoms with Crippen LogP contribution in [0.2, 0.25) is 0 Å². The van der Waals surface area contributed by atoms with Crippen molar-refractivity contribution < 1.29 is 19.9 Å². The molecule has 0 radical (unpaired) electrons. The highest BCUT2D eigenvalue weighted by Gasteiger charge is 2.24. The number of hydroxylamine groups is 1. The summed E-state index contributed by atoms with van der Waals surface area (Å²) in [5.74, 6) is -1.42. The minimum Gasteiger partial charge on any atom is -0.391 e. The normalized spacial score (nSPS) is 13.8. The van der Waals surface area contributed by atoms with E-state index < -0.39 is 24.0 Å². The molecule has 0 spiro atoms. The molecule has 0 bridgehead atoms. The van der Waals surface area contributed by atoms with E-state index in [0.717, 1.165) is 5.56 Å². The van der Waals surface area contributed by atoms with Crippen LogP contribution in [0.3, 0.4) is 0 Å². The Bertz CT molecular complexity index is 457. The number of hydrogen-bond acceptors (Lipinski definition) is 4. The molecule has 0 aromatic heterocycles. The van der Waals surface area contributed by atoms with Crippen LogP contribution in [0.4, 0.5) is 0 Å². The summed E-state index contributed by atoms with van der Waals surface area (Å²) in [6.07, 6.45) is 1.70. The van der Waals surface area contributed by atoms with Gasteiger partial charge in [-0.15, -0.1) is 0 Å². The number of carbonyl (C=O) groups is 2. The zero-order valence-corrected chi connectivity index (χ0v) is 10.4. The molecule has 19 heavy (non-hydrogen) atoms. The Morgan fingerprint density at radius 3 is 2.42 bits per heavy atom. The van der Waals surface area contributed by atoms with Crippen molar-refractivity contribution >= 4 is 17.9 Å². The number of carbonyl (C=O) groups excluding carboxylic acids is 2. The zero-order valence-electron chi connectivity index (χ0n) is 10.4. The summed E-state index contributed by atoms with van der Waals surface area (Å²) in [5.41, 5.74) is 2.22. The summed E-state index contributed by atoms with van der Waals surface area (Å²) in [6, 6.07) is 7.93. The predicted molar refractivity (Wildman–Crippen MR) is 69.0 cm³/mol. The molecule has 6 heteroatoms. The highest BCUT2D eigenvalue weighted by molar-refractivity contribution is 5.95. The Kier molecular flexibility index (Phi) is 5.72. The summed E-state index contributed by atoms with van der Waals surface area (Å²) in [7, 11) is 0. The van der Waals surface area contributed by atoms with E-state index in [9.17, 15) is 14.7 Å². The van der Waals surface area contributed by atoms with Crippen molar-refractivity contribution in [2.75, 3.05) is 0 Å². The first-order valence-electron chi connectivity index (χ1n) is 5.70. The fraction of sp³-hybridized carbons (Fsp3) is 0.231. The number of nitrogens with one attached hydrogen (secondary N) is 2. The number of amides is 2. The van der Waals surface area contributed by atoms with Gasteiger partial charge in [0.05, 0.1) is 6.10 Å². The van der Waals surface area contributed by atoms with Crippen LogP contribution in [0.15, 0.2) is 36.4 Å². The van der Waals surface area contributed by atoms with Gasteiger partial charge in [0.1, 0.15) is 6.04 Å². The lowest BCUT2D eigenvalue weighted by atomic mass is 10.1. The smallest absolute Gasteiger partial charge is 0.268 e. The van der Waals surface area contributed by atoms with Gasteiger partial charge in [-0.1, -0.05) is 30.3 Å². The van der Waals surface area contributed by atoms with Gasteiger partial charge in [-0.05, 0) is 18.6 Å². The SMILES string of the molecule is CC(O)C(NC(=O)/C=C/c1ccccc1)C(=O)NO. The monoisotopic (exact) mass is 264 g/mol. The van der Waals surface area contributed by atoms with Crippen molar-refractivity contribution in [1.29, 1.82) is 0 Å². The summed E-state index contributed by atoms with van der Waals surface area (Å²) >= 11 is 0. The Morgan fingerprint density at radius 1 is 1.26 bits per heavy atom. The molecule has 1 aromatic carbocycles. The topological polar surface area (TPSA) is 98.7 Å². The molecular weight excluding hydrogens is 248 g/mol. The van der Waals surface area contributed by atoms with Crippen molar-refractivity contribution in [2.45, 2.75) is 19.1 Å². The quantitative estimate of drug-likeness (QED) is 0.343. The van der Waals surface area contributed by atoms with E-state index in [2.05, 4.69) is 5.32 Å². The van der Waals surface area contributed by atoms with Crippen LogP contribution in [0.1, 0.15) is 12.5 Å². The third kappa shape index (κ3) is 4.90. The molecule has 6 nitrogen and oxygen atoms in total. The summed E-state index contributed by atoms with van der Waals surface area (Å²) < 4.78 is 0. The van der Waals surface area contributed by atoms with E-state index in [4.69, 9.17) is 5.21 Å². The van der Waals surface area contributed by atoms with Crippen molar-refractivity contribution in [1.82, 2.24) is 10.8 Å². The average molecular weight is 264 g/mol. The van der Waals surface area contributed by atoms with Crippen molar-refractivity contribution in [2.24, 2.45) is 0 Å². The molecule has 0 fully saturated rings. The third-order valence-electron chi connectivity index (χ3n) is 2.40. The van der Waals surface area contributed by atoms with E-state index >= 15 is 0 Å². The fourth-order valence-electron chi connectivity index (χ4n) is 1.41. The summed E-state index contributed by atoms with van der Waals surface area (Å²) in [6.45, 7) is 1.33. The molecule has 2 unspecified atom stereocenters. The number of benzene rings is 1. The lowest BCUT2D eigenvalue weighted by Gasteiger charge is -2.18. The van der Waals surface area contributed by atoms with E-state index in [1.165, 1.54) is 18.5 Å². The van der Waals surface area contributed by atoms with E-state index in [1.807, 2.05) is 30.3 Å². The first-order valence-corrected chi connectivity index (χ1v) is 5.70. The highest BCUT2D eigenvalue weighted by Crippen LogP contribution is 2.01. The van der Waals surface area contributed by atoms with Crippen molar-refractivity contribution in [3.8, 4) is 0 Å². The Balaban J connectivity index is 2.63. The largest absolute Gasteiger partial charge is 0.391 e. The molecule has 0 aliphatic heterocycles. The molecule has 102 valence electrons. The Labute approximate surface area is 110 Å². The van der Waals surface area contributed by atoms with Crippen molar-refractivity contribution in [3.05, 3.63) is 42.0 Å². The molecular formula is C13H16N2O4. The van der Waals surface area contributed by atoms with Crippen LogP contribution in [0.25, 0.3) is 6.08 Å². The van der Waals surface area contributed by atoms with Gasteiger partial charge in [-0.3, -0.25) is 14.8 Å². The molecule has 0 saturated carbocycles. The van der Waals surface area contributed by atoms with Crippen LogP contribution in [0, 0.1) is 0 Å². The summed E-state index contributed by atoms with van der Waals surface area (Å²) in [4.78, 5) is 22.8. The molecule has 2 amide bonds. The predicted octanol–water partition coefficient (Wildman–Crippen LogP) is 0.0708. The van der Waals surface area contributed by atoms with Crippen LogP contribution in [-0.2, 0) is 9.59 Å². The van der Waals surface area contributed by atoms with E-state index in [-0.39, 0.29) is 0 Å². The maximum absolute atomic E-state index is 11.6. The molecule has 0 saturated heterocycles. The molecule has 0 heterocycles. The number of aliphatic hydroxyl groups is 1. The standard InChI is InChI=1S/C13H16N2O4/c1-9(16)12(13(18)15-19)14-11(17)8-7-10-5-3-2-4-6-10/h2-9,12,16,19H,1H3,(H,14,17)(H,15,18)/b8-7+. The van der Waals surface area contributed by atoms with Gasteiger partial charge in [0.15, 0.2) is 0 Å². The van der Waals surface area contributed by atoms with Gasteiger partial charge < -0.3 is 10.4 Å². The van der Waals surface area contributed by atoms with Crippen LogP contribution >= 0.6 is 0 Å². The molecule has 1 rings (SSSR count). The first-order chi connectivity index (χ1) is 9.04. The zero-order chi connectivity index (χ0) is 14.3. The van der Waals surface area contributed by atoms with Gasteiger partial charge in [0.25, 0.3) is 5.91 Å². The van der Waals surface area contributed by atoms with Crippen LogP contribution < -0.4 is 10.8 Å². The van der Waals surface area contributed by atoms with Crippen LogP contribution in [0.5, 0.6) is 0 Å². The Hall–Kier alpha value is -2.18. The van der Waals surface area contributed by atoms with E-state index in [0.29, 0.717) is 0 Å². The maximum Gasteiger partial charge on any atom is 0.268 e. The number of aliphatic hydroxyl groups excluding tert-OH is 1. The highest BCUT2D eigenvalue weighted by atomic mass is 16.5. The third-order valence-corrected chi connectivity index (χ3v) is 2.40. The first kappa shape index (κ1) is 14.9. The minimum atomic E-state index is -1.21. The van der Waals surface area contributed by atoms with E-state index in [1.54, 1.807) is 6.08 Å². The molecule has 2 atom stereocenters. The molecule has 1 aromatic rings. The lowest BCUT2D eigenvalue weighted by molar-refractivity contribution is -0.136. The van der Waals surface area contributed by atoms with Gasteiger partial charge in [0, 0.05) is 6.08 Å². The second kappa shape index (κ2) is 7.30. The number of rotatable bonds is 5. The van der Waals surface area contributed by atoms with Gasteiger partial charge in [-0.25, -0.2) is 5.48 Å². The van der Waals surface area contributed by atoms with Crippen LogP contribution in [-0.4, -0.2) is 34.3 Å². The molecule has 4 N–H and O–H groups in total. The fourth-order valence-corrected chi connectivity index (χ4v) is 1.41. The lowest BCUT2D eigenvalue weighted by Crippen LogP contribution is -2.51. The average Bonchev–Trinajstić information content (AvgIpc) is 2.42. The molecule has 0 aliphatic carbocycles. The van der Waals surface area contributed by atoms with Gasteiger partial charge >= 0.3 is 0 Å². The summed E-state index contributed by atoms with van der Waals surface area (Å²) in [5, 5.41) is 20.1. The van der Waals surface area contributed by atoms with Gasteiger partial charge in [0.2, 0.25) is 5.91 Å². The van der Waals surface area contributed by atoms with Crippen molar-refractivity contribution in [3.63, 3.8) is 0 Å². The minimum absolute atomic E-state index is 0.543. The molecule has 0 aliphatic rings.